The lowest BCUT2D eigenvalue weighted by Gasteiger charge is -2.11. The highest BCUT2D eigenvalue weighted by Gasteiger charge is 2.34. The van der Waals surface area contributed by atoms with Crippen LogP contribution in [0.1, 0.15) is 16.3 Å². The van der Waals surface area contributed by atoms with Crippen molar-refractivity contribution in [2.45, 2.75) is 6.18 Å². The van der Waals surface area contributed by atoms with Gasteiger partial charge in [0.25, 0.3) is 11.8 Å². The third kappa shape index (κ3) is 3.70. The maximum atomic E-state index is 13.3. The fraction of sp³-hybridized carbons (Fsp3) is 0.188. The first-order valence-corrected chi connectivity index (χ1v) is 7.65. The number of nitrogen functional groups attached to an aromatic ring is 1. The van der Waals surface area contributed by atoms with Crippen molar-refractivity contribution in [2.75, 3.05) is 20.0 Å². The van der Waals surface area contributed by atoms with Crippen molar-refractivity contribution >= 4 is 11.9 Å². The Morgan fingerprint density at radius 1 is 1.14 bits per heavy atom. The van der Waals surface area contributed by atoms with Gasteiger partial charge in [-0.3, -0.25) is 0 Å². The number of nitrogens with zero attached hydrogens (tertiary/aromatic N) is 5. The van der Waals surface area contributed by atoms with Gasteiger partial charge >= 0.3 is 12.1 Å². The van der Waals surface area contributed by atoms with Crippen LogP contribution in [0.3, 0.4) is 0 Å². The molecule has 0 unspecified atom stereocenters. The van der Waals surface area contributed by atoms with Crippen LogP contribution in [0, 0.1) is 0 Å². The summed E-state index contributed by atoms with van der Waals surface area (Å²) in [4.78, 5) is 22.7. The van der Waals surface area contributed by atoms with E-state index in [1.54, 1.807) is 18.2 Å². The van der Waals surface area contributed by atoms with Crippen LogP contribution in [0.4, 0.5) is 19.1 Å². The third-order valence-electron chi connectivity index (χ3n) is 3.56. The monoisotopic (exact) mass is 394 g/mol. The molecule has 0 aliphatic carbocycles. The molecule has 0 radical (unpaired) electrons. The second kappa shape index (κ2) is 7.13. The number of nitrogens with two attached hydrogens (primary N) is 1. The molecule has 9 nitrogen and oxygen atoms in total. The highest BCUT2D eigenvalue weighted by Crippen LogP contribution is 2.31. The van der Waals surface area contributed by atoms with Crippen molar-refractivity contribution in [3.63, 3.8) is 0 Å². The van der Waals surface area contributed by atoms with Gasteiger partial charge in [0, 0.05) is 5.56 Å². The average Bonchev–Trinajstić information content (AvgIpc) is 3.08. The van der Waals surface area contributed by atoms with E-state index in [4.69, 9.17) is 10.5 Å². The van der Waals surface area contributed by atoms with Crippen LogP contribution in [-0.2, 0) is 10.9 Å². The van der Waals surface area contributed by atoms with Gasteiger partial charge in [-0.15, -0.1) is 5.10 Å². The molecule has 0 amide bonds. The Hall–Kier alpha value is -3.70. The summed E-state index contributed by atoms with van der Waals surface area (Å²) in [5.41, 5.74) is 4.74. The molecule has 0 bridgehead atoms. The second-order valence-electron chi connectivity index (χ2n) is 5.37. The van der Waals surface area contributed by atoms with E-state index in [0.717, 1.165) is 17.9 Å². The van der Waals surface area contributed by atoms with E-state index < -0.39 is 29.6 Å². The summed E-state index contributed by atoms with van der Waals surface area (Å²) in [6.45, 7) is 0. The number of esters is 1. The number of hydrogen-bond acceptors (Lipinski definition) is 8. The summed E-state index contributed by atoms with van der Waals surface area (Å²) in [6, 6.07) is 7.08. The zero-order chi connectivity index (χ0) is 20.5. The van der Waals surface area contributed by atoms with Gasteiger partial charge in [-0.05, 0) is 18.2 Å². The van der Waals surface area contributed by atoms with E-state index in [-0.39, 0.29) is 11.6 Å². The first-order chi connectivity index (χ1) is 13.2. The van der Waals surface area contributed by atoms with Gasteiger partial charge < -0.3 is 15.2 Å². The lowest BCUT2D eigenvalue weighted by atomic mass is 10.1. The second-order valence-corrected chi connectivity index (χ2v) is 5.37. The van der Waals surface area contributed by atoms with Crippen molar-refractivity contribution in [2.24, 2.45) is 0 Å². The molecule has 2 aromatic heterocycles. The summed E-state index contributed by atoms with van der Waals surface area (Å²) in [7, 11) is 2.52. The van der Waals surface area contributed by atoms with Crippen molar-refractivity contribution in [1.29, 1.82) is 0 Å². The number of benzene rings is 1. The average molecular weight is 394 g/mol. The summed E-state index contributed by atoms with van der Waals surface area (Å²) in [5, 5.41) is 3.73. The number of anilines is 1. The molecule has 2 heterocycles. The van der Waals surface area contributed by atoms with Gasteiger partial charge in [0.15, 0.2) is 5.69 Å². The number of ether oxygens (including phenoxy) is 2. The molecule has 0 saturated heterocycles. The quantitative estimate of drug-likeness (QED) is 0.669. The molecule has 0 spiro atoms. The van der Waals surface area contributed by atoms with Crippen LogP contribution in [0.2, 0.25) is 0 Å². The molecule has 0 aliphatic rings. The minimum absolute atomic E-state index is 0.0502. The van der Waals surface area contributed by atoms with Crippen LogP contribution < -0.4 is 10.5 Å². The normalized spacial score (nSPS) is 11.3. The molecule has 0 saturated carbocycles. The van der Waals surface area contributed by atoms with Crippen LogP contribution in [0.15, 0.2) is 30.3 Å². The molecule has 0 aliphatic heterocycles. The van der Waals surface area contributed by atoms with E-state index in [0.29, 0.717) is 11.3 Å². The molecule has 146 valence electrons. The Morgan fingerprint density at radius 2 is 1.89 bits per heavy atom. The SMILES string of the molecule is COC(=O)c1nc(N)n(-c2nc(-c3cccc(OC)c3)cc(C(F)(F)F)n2)n1. The molecular formula is C16H13F3N6O3. The number of carbonyl (C=O) groups excluding carboxylic acids is 1. The number of hydrogen-bond donors (Lipinski definition) is 1. The van der Waals surface area contributed by atoms with Crippen LogP contribution in [0.5, 0.6) is 5.75 Å². The summed E-state index contributed by atoms with van der Waals surface area (Å²) < 4.78 is 50.3. The van der Waals surface area contributed by atoms with Gasteiger partial charge in [0.05, 0.1) is 19.9 Å². The van der Waals surface area contributed by atoms with Crippen molar-refractivity contribution < 1.29 is 27.4 Å². The van der Waals surface area contributed by atoms with Gasteiger partial charge in [0.1, 0.15) is 5.75 Å². The Labute approximate surface area is 155 Å². The summed E-state index contributed by atoms with van der Waals surface area (Å²) >= 11 is 0. The molecule has 0 atom stereocenters. The number of aromatic nitrogens is 5. The van der Waals surface area contributed by atoms with Crippen molar-refractivity contribution in [3.8, 4) is 23.0 Å². The third-order valence-corrected chi connectivity index (χ3v) is 3.56. The first kappa shape index (κ1) is 19.1. The van der Waals surface area contributed by atoms with Crippen molar-refractivity contribution in [3.05, 3.63) is 41.9 Å². The molecule has 0 fully saturated rings. The summed E-state index contributed by atoms with van der Waals surface area (Å²) in [6.07, 6.45) is -4.76. The van der Waals surface area contributed by atoms with Gasteiger partial charge in [-0.1, -0.05) is 12.1 Å². The van der Waals surface area contributed by atoms with Crippen LogP contribution in [0.25, 0.3) is 17.2 Å². The lowest BCUT2D eigenvalue weighted by molar-refractivity contribution is -0.141. The molecule has 28 heavy (non-hydrogen) atoms. The van der Waals surface area contributed by atoms with Crippen LogP contribution in [-0.4, -0.2) is 44.9 Å². The molecular weight excluding hydrogens is 381 g/mol. The smallest absolute Gasteiger partial charge is 0.433 e. The van der Waals surface area contributed by atoms with E-state index in [2.05, 4.69) is 24.8 Å². The number of rotatable bonds is 4. The highest BCUT2D eigenvalue weighted by atomic mass is 19.4. The van der Waals surface area contributed by atoms with Crippen molar-refractivity contribution in [1.82, 2.24) is 24.7 Å². The Balaban J connectivity index is 2.19. The minimum Gasteiger partial charge on any atom is -0.497 e. The topological polar surface area (TPSA) is 118 Å². The number of methoxy groups -OCH3 is 2. The van der Waals surface area contributed by atoms with E-state index >= 15 is 0 Å². The minimum atomic E-state index is -4.76. The zero-order valence-corrected chi connectivity index (χ0v) is 14.6. The molecule has 3 aromatic rings. The molecule has 1 aromatic carbocycles. The maximum absolute atomic E-state index is 13.3. The maximum Gasteiger partial charge on any atom is 0.433 e. The molecule has 12 heteroatoms. The number of carbonyl (C=O) groups is 1. The van der Waals surface area contributed by atoms with E-state index in [1.807, 2.05) is 0 Å². The predicted molar refractivity (Wildman–Crippen MR) is 89.7 cm³/mol. The fourth-order valence-electron chi connectivity index (χ4n) is 2.25. The lowest BCUT2D eigenvalue weighted by Crippen LogP contribution is -2.15. The Bertz CT molecular complexity index is 1030. The van der Waals surface area contributed by atoms with Crippen LogP contribution >= 0.6 is 0 Å². The summed E-state index contributed by atoms with van der Waals surface area (Å²) in [5.74, 6) is -1.81. The Morgan fingerprint density at radius 3 is 2.54 bits per heavy atom. The van der Waals surface area contributed by atoms with Gasteiger partial charge in [0.2, 0.25) is 5.95 Å². The number of alkyl halides is 3. The van der Waals surface area contributed by atoms with Gasteiger partial charge in [-0.2, -0.15) is 22.8 Å². The first-order valence-electron chi connectivity index (χ1n) is 7.65. The zero-order valence-electron chi connectivity index (χ0n) is 14.6. The Kier molecular flexibility index (Phi) is 4.86. The number of halogens is 3. The highest BCUT2D eigenvalue weighted by molar-refractivity contribution is 5.85. The van der Waals surface area contributed by atoms with E-state index in [9.17, 15) is 18.0 Å². The molecule has 3 rings (SSSR count). The molecule has 2 N–H and O–H groups in total. The van der Waals surface area contributed by atoms with Gasteiger partial charge in [-0.25, -0.2) is 14.8 Å². The largest absolute Gasteiger partial charge is 0.497 e. The fourth-order valence-corrected chi connectivity index (χ4v) is 2.25. The standard InChI is InChI=1S/C16H13F3N6O3/c1-27-9-5-3-4-8(6-9)10-7-11(16(17,18)19)22-15(21-10)25-14(20)23-12(24-25)13(26)28-2/h3-7H,1-2H3,(H2,20,23,24). The predicted octanol–water partition coefficient (Wildman–Crippen LogP) is 2.12. The van der Waals surface area contributed by atoms with E-state index in [1.165, 1.54) is 13.2 Å².